The fourth-order valence-electron chi connectivity index (χ4n) is 1.88. The molecule has 124 valence electrons. The minimum Gasteiger partial charge on any atom is -0.354 e. The molecule has 0 radical (unpaired) electrons. The number of nitrogens with one attached hydrogen (secondary N) is 1. The van der Waals surface area contributed by atoms with Crippen LogP contribution in [0.1, 0.15) is 20.8 Å². The zero-order valence-corrected chi connectivity index (χ0v) is 13.7. The first-order valence-corrected chi connectivity index (χ1v) is 8.61. The molecule has 0 saturated heterocycles. The van der Waals surface area contributed by atoms with Crippen LogP contribution in [0, 0.1) is 17.6 Å². The third kappa shape index (κ3) is 4.66. The highest BCUT2D eigenvalue weighted by atomic mass is 32.2. The molecule has 1 rings (SSSR count). The Labute approximate surface area is 129 Å². The predicted molar refractivity (Wildman–Crippen MR) is 81.0 cm³/mol. The van der Waals surface area contributed by atoms with Crippen molar-refractivity contribution >= 4 is 21.6 Å². The van der Waals surface area contributed by atoms with E-state index in [1.807, 2.05) is 13.8 Å². The van der Waals surface area contributed by atoms with Crippen LogP contribution in [0.15, 0.2) is 18.2 Å². The number of carbonyl (C=O) groups excluding carboxylic acids is 1. The van der Waals surface area contributed by atoms with Crippen LogP contribution >= 0.6 is 0 Å². The molecule has 8 heteroatoms. The van der Waals surface area contributed by atoms with E-state index in [0.29, 0.717) is 6.54 Å². The van der Waals surface area contributed by atoms with Gasteiger partial charge in [0.25, 0.3) is 0 Å². The molecule has 0 saturated carbocycles. The van der Waals surface area contributed by atoms with Gasteiger partial charge < -0.3 is 5.32 Å². The van der Waals surface area contributed by atoms with Crippen LogP contribution in [0.25, 0.3) is 0 Å². The second-order valence-electron chi connectivity index (χ2n) is 5.47. The molecule has 1 N–H and O–H groups in total. The summed E-state index contributed by atoms with van der Waals surface area (Å²) in [7, 11) is -3.85. The van der Waals surface area contributed by atoms with Gasteiger partial charge in [0.05, 0.1) is 11.9 Å². The van der Waals surface area contributed by atoms with Crippen molar-refractivity contribution in [3.63, 3.8) is 0 Å². The standard InChI is InChI=1S/C14H20F2N2O3S/c1-9(2)8-17-14(19)10(3)18(22(4,20)21)11-5-6-12(15)13(16)7-11/h5-7,9-10H,8H2,1-4H3,(H,17,19)/t10-/m0/s1. The molecule has 0 heterocycles. The first-order chi connectivity index (χ1) is 10.0. The van der Waals surface area contributed by atoms with Crippen molar-refractivity contribution < 1.29 is 22.0 Å². The number of nitrogens with zero attached hydrogens (tertiary/aromatic N) is 1. The molecular weight excluding hydrogens is 314 g/mol. The van der Waals surface area contributed by atoms with Crippen molar-refractivity contribution in [2.45, 2.75) is 26.8 Å². The van der Waals surface area contributed by atoms with Gasteiger partial charge in [0.15, 0.2) is 11.6 Å². The SMILES string of the molecule is CC(C)CNC(=O)[C@H](C)N(c1ccc(F)c(F)c1)S(C)(=O)=O. The van der Waals surface area contributed by atoms with Gasteiger partial charge in [-0.3, -0.25) is 9.10 Å². The Balaban J connectivity index is 3.13. The molecule has 0 bridgehead atoms. The Morgan fingerprint density at radius 1 is 1.23 bits per heavy atom. The zero-order chi connectivity index (χ0) is 17.1. The van der Waals surface area contributed by atoms with Crippen LogP contribution in [0.5, 0.6) is 0 Å². The number of halogens is 2. The highest BCUT2D eigenvalue weighted by Crippen LogP contribution is 2.23. The largest absolute Gasteiger partial charge is 0.354 e. The lowest BCUT2D eigenvalue weighted by atomic mass is 10.2. The van der Waals surface area contributed by atoms with Gasteiger partial charge in [0.2, 0.25) is 15.9 Å². The number of amides is 1. The van der Waals surface area contributed by atoms with Gasteiger partial charge in [-0.2, -0.15) is 0 Å². The number of benzene rings is 1. The number of hydrogen-bond donors (Lipinski definition) is 1. The van der Waals surface area contributed by atoms with Crippen LogP contribution in [-0.4, -0.2) is 33.2 Å². The second-order valence-corrected chi connectivity index (χ2v) is 7.33. The predicted octanol–water partition coefficient (Wildman–Crippen LogP) is 1.89. The highest BCUT2D eigenvalue weighted by molar-refractivity contribution is 7.92. The Morgan fingerprint density at radius 2 is 1.82 bits per heavy atom. The average Bonchev–Trinajstić information content (AvgIpc) is 2.38. The van der Waals surface area contributed by atoms with Crippen LogP contribution in [0.2, 0.25) is 0 Å². The number of carbonyl (C=O) groups is 1. The van der Waals surface area contributed by atoms with E-state index >= 15 is 0 Å². The van der Waals surface area contributed by atoms with E-state index in [1.54, 1.807) is 0 Å². The smallest absolute Gasteiger partial charge is 0.243 e. The fourth-order valence-corrected chi connectivity index (χ4v) is 3.05. The summed E-state index contributed by atoms with van der Waals surface area (Å²) in [6.45, 7) is 5.57. The lowest BCUT2D eigenvalue weighted by Gasteiger charge is -2.28. The Bertz CT molecular complexity index is 647. The van der Waals surface area contributed by atoms with Crippen molar-refractivity contribution in [3.8, 4) is 0 Å². The first kappa shape index (κ1) is 18.3. The van der Waals surface area contributed by atoms with Gasteiger partial charge in [-0.15, -0.1) is 0 Å². The van der Waals surface area contributed by atoms with E-state index in [9.17, 15) is 22.0 Å². The summed E-state index contributed by atoms with van der Waals surface area (Å²) in [5, 5.41) is 2.62. The molecular formula is C14H20F2N2O3S. The van der Waals surface area contributed by atoms with Crippen molar-refractivity contribution in [2.24, 2.45) is 5.92 Å². The minimum absolute atomic E-state index is 0.103. The van der Waals surface area contributed by atoms with Crippen LogP contribution < -0.4 is 9.62 Å². The molecule has 5 nitrogen and oxygen atoms in total. The molecule has 0 aliphatic carbocycles. The average molecular weight is 334 g/mol. The molecule has 1 aromatic rings. The molecule has 0 aliphatic rings. The monoisotopic (exact) mass is 334 g/mol. The van der Waals surface area contributed by atoms with E-state index in [0.717, 1.165) is 28.8 Å². The van der Waals surface area contributed by atoms with Gasteiger partial charge in [0, 0.05) is 12.6 Å². The topological polar surface area (TPSA) is 66.5 Å². The summed E-state index contributed by atoms with van der Waals surface area (Å²) >= 11 is 0. The van der Waals surface area contributed by atoms with Gasteiger partial charge in [0.1, 0.15) is 6.04 Å². The van der Waals surface area contributed by atoms with Gasteiger partial charge in [-0.1, -0.05) is 13.8 Å². The van der Waals surface area contributed by atoms with E-state index in [-0.39, 0.29) is 11.6 Å². The third-order valence-electron chi connectivity index (χ3n) is 2.93. The van der Waals surface area contributed by atoms with E-state index in [2.05, 4.69) is 5.32 Å². The number of rotatable bonds is 6. The summed E-state index contributed by atoms with van der Waals surface area (Å²) in [6, 6.07) is 1.61. The zero-order valence-electron chi connectivity index (χ0n) is 12.9. The maximum atomic E-state index is 13.3. The summed E-state index contributed by atoms with van der Waals surface area (Å²) in [6.07, 6.45) is 0.903. The molecule has 1 amide bonds. The second kappa shape index (κ2) is 7.04. The highest BCUT2D eigenvalue weighted by Gasteiger charge is 2.29. The van der Waals surface area contributed by atoms with Gasteiger partial charge in [-0.05, 0) is 25.0 Å². The van der Waals surface area contributed by atoms with Crippen molar-refractivity contribution in [2.75, 3.05) is 17.1 Å². The summed E-state index contributed by atoms with van der Waals surface area (Å²) in [4.78, 5) is 12.1. The molecule has 0 aromatic heterocycles. The molecule has 0 aliphatic heterocycles. The first-order valence-electron chi connectivity index (χ1n) is 6.76. The van der Waals surface area contributed by atoms with Crippen LogP contribution in [0.3, 0.4) is 0 Å². The number of anilines is 1. The number of sulfonamides is 1. The van der Waals surface area contributed by atoms with E-state index in [1.165, 1.54) is 6.92 Å². The minimum atomic E-state index is -3.85. The van der Waals surface area contributed by atoms with Crippen molar-refractivity contribution in [1.82, 2.24) is 5.32 Å². The van der Waals surface area contributed by atoms with E-state index in [4.69, 9.17) is 0 Å². The quantitative estimate of drug-likeness (QED) is 0.864. The molecule has 0 spiro atoms. The molecule has 0 unspecified atom stereocenters. The van der Waals surface area contributed by atoms with Crippen LogP contribution in [0.4, 0.5) is 14.5 Å². The molecule has 1 aromatic carbocycles. The van der Waals surface area contributed by atoms with Crippen molar-refractivity contribution in [3.05, 3.63) is 29.8 Å². The van der Waals surface area contributed by atoms with Crippen molar-refractivity contribution in [1.29, 1.82) is 0 Å². The Hall–Kier alpha value is -1.70. The van der Waals surface area contributed by atoms with Gasteiger partial charge in [-0.25, -0.2) is 17.2 Å². The lowest BCUT2D eigenvalue weighted by Crippen LogP contribution is -2.48. The summed E-state index contributed by atoms with van der Waals surface area (Å²) in [5.74, 6) is -2.58. The maximum Gasteiger partial charge on any atom is 0.243 e. The third-order valence-corrected chi connectivity index (χ3v) is 4.17. The normalized spacial score (nSPS) is 13.0. The molecule has 22 heavy (non-hydrogen) atoms. The maximum absolute atomic E-state index is 13.3. The summed E-state index contributed by atoms with van der Waals surface area (Å²) < 4.78 is 51.0. The lowest BCUT2D eigenvalue weighted by molar-refractivity contribution is -0.121. The van der Waals surface area contributed by atoms with E-state index < -0.39 is 33.6 Å². The summed E-state index contributed by atoms with van der Waals surface area (Å²) in [5.41, 5.74) is -0.103. The Morgan fingerprint density at radius 3 is 2.27 bits per heavy atom. The Kier molecular flexibility index (Phi) is 5.87. The molecule has 1 atom stereocenters. The van der Waals surface area contributed by atoms with Gasteiger partial charge >= 0.3 is 0 Å². The van der Waals surface area contributed by atoms with Crippen LogP contribution in [-0.2, 0) is 14.8 Å². The fraction of sp³-hybridized carbons (Fsp3) is 0.500. The molecule has 0 fully saturated rings. The number of hydrogen-bond acceptors (Lipinski definition) is 3.